The highest BCUT2D eigenvalue weighted by Gasteiger charge is 2.51. The summed E-state index contributed by atoms with van der Waals surface area (Å²) in [5.74, 6) is 2.50. The van der Waals surface area contributed by atoms with Gasteiger partial charge >= 0.3 is 0 Å². The molecule has 1 spiro atoms. The van der Waals surface area contributed by atoms with Gasteiger partial charge in [0.2, 0.25) is 0 Å². The number of fused-ring (bicyclic) bond motifs is 13. The highest BCUT2D eigenvalue weighted by molar-refractivity contribution is 6.10. The van der Waals surface area contributed by atoms with Crippen molar-refractivity contribution < 1.29 is 0 Å². The summed E-state index contributed by atoms with van der Waals surface area (Å²) in [6.07, 6.45) is 0. The van der Waals surface area contributed by atoms with Crippen LogP contribution >= 0.6 is 0 Å². The van der Waals surface area contributed by atoms with Crippen molar-refractivity contribution in [1.82, 2.24) is 24.9 Å². The molecule has 5 nitrogen and oxygen atoms in total. The normalized spacial score (nSPS) is 12.9. The second-order valence-corrected chi connectivity index (χ2v) is 16.3. The van der Waals surface area contributed by atoms with Crippen molar-refractivity contribution in [3.05, 3.63) is 235 Å². The van der Waals surface area contributed by atoms with E-state index in [-0.39, 0.29) is 0 Å². The van der Waals surface area contributed by atoms with Crippen LogP contribution in [0.15, 0.2) is 212 Å². The van der Waals surface area contributed by atoms with Crippen LogP contribution in [-0.4, -0.2) is 24.9 Å². The van der Waals surface area contributed by atoms with Crippen molar-refractivity contribution in [2.24, 2.45) is 0 Å². The lowest BCUT2D eigenvalue weighted by Gasteiger charge is -2.30. The number of rotatable bonds is 5. The van der Waals surface area contributed by atoms with Crippen LogP contribution in [0.25, 0.3) is 101 Å². The van der Waals surface area contributed by atoms with E-state index in [1.807, 2.05) is 42.5 Å². The predicted octanol–water partition coefficient (Wildman–Crippen LogP) is 13.6. The molecule has 2 heterocycles. The van der Waals surface area contributed by atoms with E-state index in [0.29, 0.717) is 23.3 Å². The lowest BCUT2D eigenvalue weighted by Crippen LogP contribution is -2.25. The Morgan fingerprint density at radius 1 is 0.270 bits per heavy atom. The van der Waals surface area contributed by atoms with Gasteiger partial charge in [-0.25, -0.2) is 24.9 Å². The number of aromatic nitrogens is 5. The maximum absolute atomic E-state index is 5.34. The average molecular weight is 802 g/mol. The molecule has 0 aliphatic heterocycles. The van der Waals surface area contributed by atoms with Crippen molar-refractivity contribution >= 4 is 21.7 Å². The Hall–Kier alpha value is -8.41. The molecule has 5 heteroatoms. The summed E-state index contributed by atoms with van der Waals surface area (Å²) in [5, 5.41) is 3.05. The topological polar surface area (TPSA) is 64.5 Å². The molecule has 0 bridgehead atoms. The molecule has 0 saturated carbocycles. The maximum Gasteiger partial charge on any atom is 0.164 e. The Bertz CT molecular complexity index is 3560. The van der Waals surface area contributed by atoms with Crippen LogP contribution in [0, 0.1) is 0 Å². The van der Waals surface area contributed by atoms with E-state index in [0.717, 1.165) is 55.2 Å². The molecule has 11 aromatic rings. The Morgan fingerprint density at radius 2 is 0.698 bits per heavy atom. The summed E-state index contributed by atoms with van der Waals surface area (Å²) in [6.45, 7) is 0. The van der Waals surface area contributed by atoms with Crippen LogP contribution in [0.2, 0.25) is 0 Å². The summed E-state index contributed by atoms with van der Waals surface area (Å²) >= 11 is 0. The lowest BCUT2D eigenvalue weighted by atomic mass is 9.70. The molecule has 63 heavy (non-hydrogen) atoms. The second kappa shape index (κ2) is 13.8. The summed E-state index contributed by atoms with van der Waals surface area (Å²) < 4.78 is 0. The summed E-state index contributed by atoms with van der Waals surface area (Å²) in [7, 11) is 0. The molecule has 0 unspecified atom stereocenters. The maximum atomic E-state index is 5.34. The third-order valence-electron chi connectivity index (χ3n) is 12.9. The zero-order valence-corrected chi connectivity index (χ0v) is 33.9. The average Bonchev–Trinajstić information content (AvgIpc) is 3.83. The fourth-order valence-corrected chi connectivity index (χ4v) is 10.2. The van der Waals surface area contributed by atoms with Crippen LogP contribution < -0.4 is 0 Å². The van der Waals surface area contributed by atoms with Gasteiger partial charge in [0.15, 0.2) is 23.3 Å². The van der Waals surface area contributed by atoms with Crippen molar-refractivity contribution in [3.8, 4) is 79.1 Å². The molecular formula is C58H35N5. The molecule has 13 rings (SSSR count). The van der Waals surface area contributed by atoms with Gasteiger partial charge in [-0.3, -0.25) is 0 Å². The van der Waals surface area contributed by atoms with Crippen LogP contribution in [0.1, 0.15) is 22.3 Å². The molecule has 9 aromatic carbocycles. The molecule has 0 amide bonds. The molecule has 2 aromatic heterocycles. The van der Waals surface area contributed by atoms with Crippen molar-refractivity contribution in [1.29, 1.82) is 0 Å². The van der Waals surface area contributed by atoms with Crippen molar-refractivity contribution in [2.75, 3.05) is 0 Å². The molecule has 0 radical (unpaired) electrons. The summed E-state index contributed by atoms with van der Waals surface area (Å²) in [6, 6.07) is 75.0. The van der Waals surface area contributed by atoms with Gasteiger partial charge in [-0.05, 0) is 68.1 Å². The van der Waals surface area contributed by atoms with E-state index in [2.05, 4.69) is 170 Å². The monoisotopic (exact) mass is 801 g/mol. The highest BCUT2D eigenvalue weighted by atomic mass is 15.0. The third kappa shape index (κ3) is 5.33. The first-order chi connectivity index (χ1) is 31.2. The Morgan fingerprint density at radius 3 is 1.27 bits per heavy atom. The molecule has 0 saturated heterocycles. The van der Waals surface area contributed by atoms with Gasteiger partial charge in [-0.15, -0.1) is 0 Å². The minimum Gasteiger partial charge on any atom is -0.227 e. The predicted molar refractivity (Wildman–Crippen MR) is 254 cm³/mol. The first kappa shape index (κ1) is 35.4. The molecule has 292 valence electrons. The number of nitrogens with zero attached hydrogens (tertiary/aromatic N) is 5. The Kier molecular flexibility index (Phi) is 7.75. The molecule has 0 fully saturated rings. The quantitative estimate of drug-likeness (QED) is 0.162. The number of benzene rings is 9. The van der Waals surface area contributed by atoms with Crippen LogP contribution in [0.4, 0.5) is 0 Å². The highest BCUT2D eigenvalue weighted by Crippen LogP contribution is 2.63. The van der Waals surface area contributed by atoms with E-state index < -0.39 is 5.41 Å². The largest absolute Gasteiger partial charge is 0.227 e. The van der Waals surface area contributed by atoms with E-state index in [9.17, 15) is 0 Å². The van der Waals surface area contributed by atoms with Gasteiger partial charge in [0.25, 0.3) is 0 Å². The smallest absolute Gasteiger partial charge is 0.164 e. The zero-order chi connectivity index (χ0) is 41.5. The third-order valence-corrected chi connectivity index (χ3v) is 12.9. The minimum absolute atomic E-state index is 0.480. The van der Waals surface area contributed by atoms with Gasteiger partial charge in [0.1, 0.15) is 0 Å². The van der Waals surface area contributed by atoms with Gasteiger partial charge in [-0.2, -0.15) is 0 Å². The number of hydrogen-bond donors (Lipinski definition) is 0. The van der Waals surface area contributed by atoms with Crippen molar-refractivity contribution in [3.63, 3.8) is 0 Å². The molecule has 2 aliphatic carbocycles. The summed E-state index contributed by atoms with van der Waals surface area (Å²) in [4.78, 5) is 26.2. The SMILES string of the molecule is c1ccc(-c2nc(-c3ccc4c(c3)C3(c5ccccc5-c5ccccc53)c3ccccc3-4)nc(-c3ccc4ccc5c(-c6ccccc6)nc(-c6ccccc6)nc5c4c3)n2)cc1. The Labute approximate surface area is 364 Å². The van der Waals surface area contributed by atoms with E-state index in [1.165, 1.54) is 44.5 Å². The van der Waals surface area contributed by atoms with E-state index >= 15 is 0 Å². The summed E-state index contributed by atoms with van der Waals surface area (Å²) in [5.41, 5.74) is 16.2. The fourth-order valence-electron chi connectivity index (χ4n) is 10.2. The number of hydrogen-bond acceptors (Lipinski definition) is 5. The standard InChI is InChI=1S/C58H35N5/c1-4-16-37(17-5-1)52-46-33-30-36-28-29-40(34-47(36)53(46)60-54(59-52)38-18-6-2-7-19-38)56-61-55(39-20-8-3-9-21-39)62-57(63-56)41-31-32-45-44-24-12-15-27-50(44)58(51(45)35-41)48-25-13-10-22-42(48)43-23-11-14-26-49(43)58/h1-35H. The Balaban J connectivity index is 1.03. The second-order valence-electron chi connectivity index (χ2n) is 16.3. The van der Waals surface area contributed by atoms with Gasteiger partial charge in [-0.1, -0.05) is 194 Å². The van der Waals surface area contributed by atoms with E-state index in [4.69, 9.17) is 24.9 Å². The van der Waals surface area contributed by atoms with Crippen LogP contribution in [0.5, 0.6) is 0 Å². The first-order valence-corrected chi connectivity index (χ1v) is 21.3. The molecular weight excluding hydrogens is 767 g/mol. The molecule has 0 N–H and O–H groups in total. The lowest BCUT2D eigenvalue weighted by molar-refractivity contribution is 0.794. The van der Waals surface area contributed by atoms with Crippen LogP contribution in [0.3, 0.4) is 0 Å². The van der Waals surface area contributed by atoms with Crippen molar-refractivity contribution in [2.45, 2.75) is 5.41 Å². The van der Waals surface area contributed by atoms with Gasteiger partial charge in [0.05, 0.1) is 16.6 Å². The fraction of sp³-hybridized carbons (Fsp3) is 0.0172. The van der Waals surface area contributed by atoms with Gasteiger partial charge < -0.3 is 0 Å². The minimum atomic E-state index is -0.480. The zero-order valence-electron chi connectivity index (χ0n) is 33.9. The van der Waals surface area contributed by atoms with E-state index in [1.54, 1.807) is 0 Å². The molecule has 2 aliphatic rings. The van der Waals surface area contributed by atoms with Crippen LogP contribution in [-0.2, 0) is 5.41 Å². The van der Waals surface area contributed by atoms with Gasteiger partial charge in [0, 0.05) is 38.6 Å². The molecule has 0 atom stereocenters. The first-order valence-electron chi connectivity index (χ1n) is 21.3.